The summed E-state index contributed by atoms with van der Waals surface area (Å²) in [4.78, 5) is 8.56. The van der Waals surface area contributed by atoms with Crippen LogP contribution in [0.25, 0.3) is 11.4 Å². The molecule has 4 aromatic rings. The molecule has 0 aliphatic carbocycles. The second kappa shape index (κ2) is 10.4. The van der Waals surface area contributed by atoms with Crippen molar-refractivity contribution in [2.24, 2.45) is 4.99 Å². The van der Waals surface area contributed by atoms with Crippen molar-refractivity contribution in [3.05, 3.63) is 96.6 Å². The molecule has 0 saturated heterocycles. The summed E-state index contributed by atoms with van der Waals surface area (Å²) < 4.78 is 17.9. The van der Waals surface area contributed by atoms with Crippen LogP contribution in [0.5, 0.6) is 0 Å². The maximum atomic E-state index is 14.5. The number of aliphatic imine (C=N–C) groups is 1. The molecule has 0 aliphatic rings. The molecular weight excluding hydrogens is 405 g/mol. The minimum atomic E-state index is -0.299. The average Bonchev–Trinajstić information content (AvgIpc) is 3.53. The Hall–Kier alpha value is -3.94. The van der Waals surface area contributed by atoms with E-state index in [4.69, 9.17) is 0 Å². The van der Waals surface area contributed by atoms with Gasteiger partial charge in [-0.1, -0.05) is 18.2 Å². The van der Waals surface area contributed by atoms with Crippen LogP contribution in [0.4, 0.5) is 4.39 Å². The van der Waals surface area contributed by atoms with Crippen LogP contribution in [0.2, 0.25) is 0 Å². The lowest BCUT2D eigenvalue weighted by molar-refractivity contribution is 0.615. The third-order valence-corrected chi connectivity index (χ3v) is 4.97. The average molecular weight is 432 g/mol. The van der Waals surface area contributed by atoms with Crippen molar-refractivity contribution in [3.63, 3.8) is 0 Å². The molecule has 0 atom stereocenters. The van der Waals surface area contributed by atoms with Crippen LogP contribution < -0.4 is 10.6 Å². The number of aromatic nitrogens is 4. The topological polar surface area (TPSA) is 72.1 Å². The molecule has 0 radical (unpaired) electrons. The van der Waals surface area contributed by atoms with Crippen molar-refractivity contribution in [1.29, 1.82) is 0 Å². The Balaban J connectivity index is 1.32. The Kier molecular flexibility index (Phi) is 6.91. The second-order valence-electron chi connectivity index (χ2n) is 7.24. The SMILES string of the molecule is CCNC(=NCc1ccc(-n2ccnc2)c(F)c1)NCCc1ccc(-n2cccn2)cc1. The zero-order chi connectivity index (χ0) is 22.2. The first-order valence-corrected chi connectivity index (χ1v) is 10.6. The smallest absolute Gasteiger partial charge is 0.191 e. The van der Waals surface area contributed by atoms with Crippen LogP contribution in [0.1, 0.15) is 18.1 Å². The Labute approximate surface area is 186 Å². The summed E-state index contributed by atoms with van der Waals surface area (Å²) in [5.41, 5.74) is 3.53. The summed E-state index contributed by atoms with van der Waals surface area (Å²) in [5.74, 6) is 0.409. The Morgan fingerprint density at radius 3 is 2.56 bits per heavy atom. The summed E-state index contributed by atoms with van der Waals surface area (Å²) >= 11 is 0. The molecule has 8 heteroatoms. The van der Waals surface area contributed by atoms with E-state index in [0.29, 0.717) is 18.2 Å². The fourth-order valence-corrected chi connectivity index (χ4v) is 3.33. The summed E-state index contributed by atoms with van der Waals surface area (Å²) in [7, 11) is 0. The molecule has 4 rings (SSSR count). The first-order valence-electron chi connectivity index (χ1n) is 10.6. The number of rotatable bonds is 8. The van der Waals surface area contributed by atoms with E-state index in [-0.39, 0.29) is 5.82 Å². The minimum absolute atomic E-state index is 0.299. The maximum Gasteiger partial charge on any atom is 0.191 e. The Morgan fingerprint density at radius 1 is 1.03 bits per heavy atom. The molecule has 164 valence electrons. The summed E-state index contributed by atoms with van der Waals surface area (Å²) in [5, 5.41) is 10.8. The molecule has 2 N–H and O–H groups in total. The van der Waals surface area contributed by atoms with E-state index in [1.165, 1.54) is 11.6 Å². The van der Waals surface area contributed by atoms with E-state index in [2.05, 4.69) is 50.0 Å². The molecule has 0 spiro atoms. The van der Waals surface area contributed by atoms with Gasteiger partial charge >= 0.3 is 0 Å². The molecule has 0 fully saturated rings. The number of halogens is 1. The standard InChI is InChI=1S/C24H26FN7/c1-2-27-24(28-12-10-19-4-7-21(8-5-19)32-14-3-11-30-32)29-17-20-6-9-23(22(25)16-20)31-15-13-26-18-31/h3-9,11,13-16,18H,2,10,12,17H2,1H3,(H2,27,28,29). The predicted molar refractivity (Wildman–Crippen MR) is 124 cm³/mol. The monoisotopic (exact) mass is 431 g/mol. The fourth-order valence-electron chi connectivity index (χ4n) is 3.33. The maximum absolute atomic E-state index is 14.5. The van der Waals surface area contributed by atoms with Gasteiger partial charge in [0, 0.05) is 37.9 Å². The molecule has 0 bridgehead atoms. The molecule has 32 heavy (non-hydrogen) atoms. The number of benzene rings is 2. The highest BCUT2D eigenvalue weighted by atomic mass is 19.1. The van der Waals surface area contributed by atoms with E-state index in [0.717, 1.165) is 30.8 Å². The number of hydrogen-bond donors (Lipinski definition) is 2. The van der Waals surface area contributed by atoms with Gasteiger partial charge in [-0.2, -0.15) is 5.10 Å². The minimum Gasteiger partial charge on any atom is -0.357 e. The second-order valence-corrected chi connectivity index (χ2v) is 7.24. The van der Waals surface area contributed by atoms with Gasteiger partial charge < -0.3 is 15.2 Å². The number of nitrogens with one attached hydrogen (secondary N) is 2. The van der Waals surface area contributed by atoms with Crippen LogP contribution in [-0.2, 0) is 13.0 Å². The van der Waals surface area contributed by atoms with Gasteiger partial charge in [-0.3, -0.25) is 0 Å². The van der Waals surface area contributed by atoms with Gasteiger partial charge in [-0.15, -0.1) is 0 Å². The van der Waals surface area contributed by atoms with Gasteiger partial charge in [0.25, 0.3) is 0 Å². The van der Waals surface area contributed by atoms with Gasteiger partial charge in [-0.05, 0) is 54.8 Å². The normalized spacial score (nSPS) is 11.5. The van der Waals surface area contributed by atoms with Gasteiger partial charge in [0.2, 0.25) is 0 Å². The molecule has 2 aromatic heterocycles. The molecule has 0 aliphatic heterocycles. The first kappa shape index (κ1) is 21.3. The molecule has 0 unspecified atom stereocenters. The quantitative estimate of drug-likeness (QED) is 0.331. The van der Waals surface area contributed by atoms with Crippen LogP contribution >= 0.6 is 0 Å². The lowest BCUT2D eigenvalue weighted by Gasteiger charge is -2.12. The van der Waals surface area contributed by atoms with Crippen LogP contribution in [0.3, 0.4) is 0 Å². The zero-order valence-corrected chi connectivity index (χ0v) is 17.9. The molecule has 2 aromatic carbocycles. The Morgan fingerprint density at radius 2 is 1.88 bits per heavy atom. The highest BCUT2D eigenvalue weighted by Crippen LogP contribution is 2.15. The van der Waals surface area contributed by atoms with Crippen molar-refractivity contribution in [3.8, 4) is 11.4 Å². The third kappa shape index (κ3) is 5.40. The fraction of sp³-hybridized carbons (Fsp3) is 0.208. The lowest BCUT2D eigenvalue weighted by Crippen LogP contribution is -2.38. The van der Waals surface area contributed by atoms with Gasteiger partial charge in [0.15, 0.2) is 5.96 Å². The molecule has 7 nitrogen and oxygen atoms in total. The van der Waals surface area contributed by atoms with Crippen molar-refractivity contribution in [2.45, 2.75) is 19.9 Å². The highest BCUT2D eigenvalue weighted by molar-refractivity contribution is 5.79. The van der Waals surface area contributed by atoms with Crippen molar-refractivity contribution < 1.29 is 4.39 Å². The van der Waals surface area contributed by atoms with Crippen LogP contribution in [0.15, 0.2) is 84.6 Å². The van der Waals surface area contributed by atoms with Gasteiger partial charge in [0.05, 0.1) is 24.2 Å². The lowest BCUT2D eigenvalue weighted by atomic mass is 10.1. The van der Waals surface area contributed by atoms with Crippen molar-refractivity contribution in [2.75, 3.05) is 13.1 Å². The van der Waals surface area contributed by atoms with Crippen molar-refractivity contribution >= 4 is 5.96 Å². The summed E-state index contributed by atoms with van der Waals surface area (Å²) in [6, 6.07) is 15.4. The van der Waals surface area contributed by atoms with E-state index < -0.39 is 0 Å². The number of hydrogen-bond acceptors (Lipinski definition) is 3. The number of guanidine groups is 1. The highest BCUT2D eigenvalue weighted by Gasteiger charge is 2.06. The van der Waals surface area contributed by atoms with Crippen molar-refractivity contribution in [1.82, 2.24) is 30.0 Å². The largest absolute Gasteiger partial charge is 0.357 e. The van der Waals surface area contributed by atoms with Gasteiger partial charge in [0.1, 0.15) is 5.82 Å². The Bertz CT molecular complexity index is 1130. The van der Waals surface area contributed by atoms with Crippen LogP contribution in [-0.4, -0.2) is 38.4 Å². The van der Waals surface area contributed by atoms with Crippen LogP contribution in [0, 0.1) is 5.82 Å². The van der Waals surface area contributed by atoms with E-state index >= 15 is 0 Å². The summed E-state index contributed by atoms with van der Waals surface area (Å²) in [6.07, 6.45) is 9.47. The zero-order valence-electron chi connectivity index (χ0n) is 17.9. The predicted octanol–water partition coefficient (Wildman–Crippen LogP) is 3.49. The molecular formula is C24H26FN7. The van der Waals surface area contributed by atoms with E-state index in [1.54, 1.807) is 35.6 Å². The van der Waals surface area contributed by atoms with E-state index in [1.807, 2.05) is 29.9 Å². The molecule has 2 heterocycles. The third-order valence-electron chi connectivity index (χ3n) is 4.97. The van der Waals surface area contributed by atoms with Gasteiger partial charge in [-0.25, -0.2) is 19.0 Å². The summed E-state index contributed by atoms with van der Waals surface area (Å²) in [6.45, 7) is 3.89. The molecule has 0 saturated carbocycles. The first-order chi connectivity index (χ1) is 15.7. The number of nitrogens with zero attached hydrogens (tertiary/aromatic N) is 5. The molecule has 0 amide bonds. The van der Waals surface area contributed by atoms with E-state index in [9.17, 15) is 4.39 Å². The number of imidazole rings is 1.